The Morgan fingerprint density at radius 1 is 1.45 bits per heavy atom. The highest BCUT2D eigenvalue weighted by Gasteiger charge is 2.14. The maximum Gasteiger partial charge on any atom is 0.311 e. The lowest BCUT2D eigenvalue weighted by molar-refractivity contribution is -0.385. The molecule has 1 N–H and O–H groups in total. The van der Waals surface area contributed by atoms with Crippen LogP contribution in [0.2, 0.25) is 0 Å². The molecule has 2 aromatic rings. The lowest BCUT2D eigenvalue weighted by Crippen LogP contribution is -2.08. The summed E-state index contributed by atoms with van der Waals surface area (Å²) in [5.41, 5.74) is 1.87. The van der Waals surface area contributed by atoms with Crippen LogP contribution in [0, 0.1) is 10.1 Å². The van der Waals surface area contributed by atoms with Gasteiger partial charge in [-0.3, -0.25) is 14.8 Å². The molecule has 0 atom stereocenters. The van der Waals surface area contributed by atoms with Crippen molar-refractivity contribution in [3.8, 4) is 5.75 Å². The fourth-order valence-electron chi connectivity index (χ4n) is 1.92. The molecule has 0 aliphatic rings. The van der Waals surface area contributed by atoms with Crippen molar-refractivity contribution in [2.75, 3.05) is 19.0 Å². The molecule has 7 nitrogen and oxygen atoms in total. The second-order valence-electron chi connectivity index (χ2n) is 4.27. The van der Waals surface area contributed by atoms with Crippen LogP contribution in [0.3, 0.4) is 0 Å². The SMILES string of the molecule is COc1cc(NCCc2ccnn2C)ccc1[N+](=O)[O-]. The van der Waals surface area contributed by atoms with E-state index >= 15 is 0 Å². The van der Waals surface area contributed by atoms with Gasteiger partial charge in [0.15, 0.2) is 5.75 Å². The number of hydrogen-bond acceptors (Lipinski definition) is 5. The summed E-state index contributed by atoms with van der Waals surface area (Å²) in [6.07, 6.45) is 2.57. The second-order valence-corrected chi connectivity index (χ2v) is 4.27. The Hall–Kier alpha value is -2.57. The minimum absolute atomic E-state index is 0.0373. The third kappa shape index (κ3) is 3.05. The van der Waals surface area contributed by atoms with Crippen molar-refractivity contribution < 1.29 is 9.66 Å². The van der Waals surface area contributed by atoms with E-state index in [2.05, 4.69) is 10.4 Å². The third-order valence-corrected chi connectivity index (χ3v) is 3.01. The molecule has 0 spiro atoms. The van der Waals surface area contributed by atoms with Crippen molar-refractivity contribution in [3.05, 3.63) is 46.3 Å². The summed E-state index contributed by atoms with van der Waals surface area (Å²) in [7, 11) is 3.31. The highest BCUT2D eigenvalue weighted by atomic mass is 16.6. The van der Waals surface area contributed by atoms with E-state index in [-0.39, 0.29) is 11.4 Å². The number of ether oxygens (including phenoxy) is 1. The molecule has 7 heteroatoms. The van der Waals surface area contributed by atoms with E-state index in [4.69, 9.17) is 4.74 Å². The Morgan fingerprint density at radius 2 is 2.25 bits per heavy atom. The van der Waals surface area contributed by atoms with Gasteiger partial charge in [-0.25, -0.2) is 0 Å². The Balaban J connectivity index is 2.00. The minimum atomic E-state index is -0.460. The number of nitrogens with zero attached hydrogens (tertiary/aromatic N) is 3. The van der Waals surface area contributed by atoms with Gasteiger partial charge in [-0.15, -0.1) is 0 Å². The van der Waals surface area contributed by atoms with Gasteiger partial charge in [-0.1, -0.05) is 0 Å². The zero-order valence-corrected chi connectivity index (χ0v) is 11.4. The van der Waals surface area contributed by atoms with Crippen LogP contribution < -0.4 is 10.1 Å². The monoisotopic (exact) mass is 276 g/mol. The quantitative estimate of drug-likeness (QED) is 0.644. The summed E-state index contributed by atoms with van der Waals surface area (Å²) in [6, 6.07) is 6.69. The van der Waals surface area contributed by atoms with Crippen molar-refractivity contribution in [3.63, 3.8) is 0 Å². The van der Waals surface area contributed by atoms with Crippen molar-refractivity contribution in [2.45, 2.75) is 6.42 Å². The van der Waals surface area contributed by atoms with Crippen LogP contribution in [0.5, 0.6) is 5.75 Å². The molecular formula is C13H16N4O3. The number of aryl methyl sites for hydroxylation is 1. The summed E-state index contributed by atoms with van der Waals surface area (Å²) in [4.78, 5) is 10.3. The number of methoxy groups -OCH3 is 1. The average Bonchev–Trinajstić information content (AvgIpc) is 2.84. The zero-order chi connectivity index (χ0) is 14.5. The smallest absolute Gasteiger partial charge is 0.311 e. The number of nitro benzene ring substituents is 1. The number of nitro groups is 1. The molecule has 20 heavy (non-hydrogen) atoms. The largest absolute Gasteiger partial charge is 0.490 e. The number of rotatable bonds is 6. The molecule has 0 saturated carbocycles. The molecule has 0 fully saturated rings. The first kappa shape index (κ1) is 13.9. The van der Waals surface area contributed by atoms with Crippen LogP contribution in [-0.4, -0.2) is 28.4 Å². The second kappa shape index (κ2) is 6.05. The predicted molar refractivity (Wildman–Crippen MR) is 75.1 cm³/mol. The summed E-state index contributed by atoms with van der Waals surface area (Å²) in [5.74, 6) is 0.250. The lowest BCUT2D eigenvalue weighted by atomic mass is 10.2. The Kier molecular flexibility index (Phi) is 4.19. The van der Waals surface area contributed by atoms with Gasteiger partial charge in [-0.2, -0.15) is 5.10 Å². The Bertz CT molecular complexity index is 609. The first-order valence-electron chi connectivity index (χ1n) is 6.15. The molecule has 0 aliphatic carbocycles. The standard InChI is InChI=1S/C13H16N4O3/c1-16-11(6-8-15-16)5-7-14-10-3-4-12(17(18)19)13(9-10)20-2/h3-4,6,8-9,14H,5,7H2,1-2H3. The number of benzene rings is 1. The van der Waals surface area contributed by atoms with Crippen LogP contribution in [0.1, 0.15) is 5.69 Å². The molecule has 2 rings (SSSR count). The molecule has 106 valence electrons. The topological polar surface area (TPSA) is 82.2 Å². The molecule has 0 aliphatic heterocycles. The molecule has 1 aromatic carbocycles. The molecule has 0 radical (unpaired) electrons. The van der Waals surface area contributed by atoms with Crippen LogP contribution in [0.25, 0.3) is 0 Å². The van der Waals surface area contributed by atoms with Crippen LogP contribution >= 0.6 is 0 Å². The van der Waals surface area contributed by atoms with Gasteiger partial charge in [-0.05, 0) is 12.1 Å². The van der Waals surface area contributed by atoms with Gasteiger partial charge in [0.2, 0.25) is 0 Å². The molecular weight excluding hydrogens is 260 g/mol. The van der Waals surface area contributed by atoms with Crippen molar-refractivity contribution in [2.24, 2.45) is 7.05 Å². The van der Waals surface area contributed by atoms with Crippen molar-refractivity contribution in [1.29, 1.82) is 0 Å². The van der Waals surface area contributed by atoms with E-state index in [0.29, 0.717) is 6.54 Å². The number of anilines is 1. The zero-order valence-electron chi connectivity index (χ0n) is 11.4. The maximum absolute atomic E-state index is 10.8. The van der Waals surface area contributed by atoms with E-state index in [1.54, 1.807) is 18.3 Å². The molecule has 0 bridgehead atoms. The van der Waals surface area contributed by atoms with Gasteiger partial charge < -0.3 is 10.1 Å². The number of aromatic nitrogens is 2. The van der Waals surface area contributed by atoms with Gasteiger partial charge >= 0.3 is 5.69 Å². The summed E-state index contributed by atoms with van der Waals surface area (Å²) < 4.78 is 6.84. The normalized spacial score (nSPS) is 10.3. The first-order chi connectivity index (χ1) is 9.61. The molecule has 1 aromatic heterocycles. The fraction of sp³-hybridized carbons (Fsp3) is 0.308. The average molecular weight is 276 g/mol. The van der Waals surface area contributed by atoms with E-state index in [1.807, 2.05) is 17.8 Å². The fourth-order valence-corrected chi connectivity index (χ4v) is 1.92. The molecule has 0 unspecified atom stereocenters. The summed E-state index contributed by atoms with van der Waals surface area (Å²) in [6.45, 7) is 0.709. The van der Waals surface area contributed by atoms with E-state index in [9.17, 15) is 10.1 Å². The van der Waals surface area contributed by atoms with Gasteiger partial charge in [0.05, 0.1) is 12.0 Å². The summed E-state index contributed by atoms with van der Waals surface area (Å²) in [5, 5.41) is 18.1. The predicted octanol–water partition coefficient (Wildman–Crippen LogP) is 1.99. The maximum atomic E-state index is 10.8. The minimum Gasteiger partial charge on any atom is -0.490 e. The van der Waals surface area contributed by atoms with Crippen molar-refractivity contribution >= 4 is 11.4 Å². The third-order valence-electron chi connectivity index (χ3n) is 3.01. The van der Waals surface area contributed by atoms with E-state index in [0.717, 1.165) is 17.8 Å². The number of nitrogens with one attached hydrogen (secondary N) is 1. The molecule has 0 saturated heterocycles. The van der Waals surface area contributed by atoms with Crippen LogP contribution in [0.4, 0.5) is 11.4 Å². The highest BCUT2D eigenvalue weighted by Crippen LogP contribution is 2.29. The van der Waals surface area contributed by atoms with E-state index < -0.39 is 4.92 Å². The molecule has 0 amide bonds. The van der Waals surface area contributed by atoms with Gasteiger partial charge in [0.1, 0.15) is 0 Å². The van der Waals surface area contributed by atoms with Crippen LogP contribution in [-0.2, 0) is 13.5 Å². The van der Waals surface area contributed by atoms with Crippen molar-refractivity contribution in [1.82, 2.24) is 9.78 Å². The van der Waals surface area contributed by atoms with Crippen LogP contribution in [0.15, 0.2) is 30.5 Å². The van der Waals surface area contributed by atoms with E-state index in [1.165, 1.54) is 13.2 Å². The van der Waals surface area contributed by atoms with Gasteiger partial charge in [0.25, 0.3) is 0 Å². The summed E-state index contributed by atoms with van der Waals surface area (Å²) >= 11 is 0. The van der Waals surface area contributed by atoms with Gasteiger partial charge in [0, 0.05) is 49.7 Å². The number of hydrogen-bond donors (Lipinski definition) is 1. The first-order valence-corrected chi connectivity index (χ1v) is 6.15. The Labute approximate surface area is 116 Å². The lowest BCUT2D eigenvalue weighted by Gasteiger charge is -2.08. The Morgan fingerprint density at radius 3 is 2.85 bits per heavy atom. The highest BCUT2D eigenvalue weighted by molar-refractivity contribution is 5.57. The molecule has 1 heterocycles.